The molecule has 1 aromatic carbocycles. The molecule has 2 aromatic rings. The molecule has 0 saturated carbocycles. The number of ether oxygens (including phenoxy) is 1. The summed E-state index contributed by atoms with van der Waals surface area (Å²) in [5.41, 5.74) is 0.989. The Labute approximate surface area is 111 Å². The Morgan fingerprint density at radius 3 is 2.74 bits per heavy atom. The monoisotopic (exact) mass is 252 g/mol. The highest BCUT2D eigenvalue weighted by Crippen LogP contribution is 2.37. The average Bonchev–Trinajstić information content (AvgIpc) is 2.99. The zero-order valence-electron chi connectivity index (χ0n) is 10.6. The molecule has 4 nitrogen and oxygen atoms in total. The molecule has 0 radical (unpaired) electrons. The number of hydrogen-bond acceptors (Lipinski definition) is 3. The van der Waals surface area contributed by atoms with Crippen molar-refractivity contribution in [1.82, 2.24) is 9.58 Å². The van der Waals surface area contributed by atoms with E-state index in [1.54, 1.807) is 19.5 Å². The van der Waals surface area contributed by atoms with Gasteiger partial charge in [-0.25, -0.2) is 4.98 Å². The predicted octanol–water partition coefficient (Wildman–Crippen LogP) is 3.24. The first-order valence-electron chi connectivity index (χ1n) is 6.03. The van der Waals surface area contributed by atoms with Gasteiger partial charge in [-0.15, -0.1) is 0 Å². The highest BCUT2D eigenvalue weighted by molar-refractivity contribution is 5.78. The first-order valence-corrected chi connectivity index (χ1v) is 6.03. The number of quaternary nitrogens is 1. The van der Waals surface area contributed by atoms with Crippen molar-refractivity contribution in [3.63, 3.8) is 0 Å². The van der Waals surface area contributed by atoms with Crippen LogP contribution < -0.4 is 9.33 Å². The van der Waals surface area contributed by atoms with Gasteiger partial charge in [-0.1, -0.05) is 21.8 Å². The lowest BCUT2D eigenvalue weighted by molar-refractivity contribution is 0.413. The van der Waals surface area contributed by atoms with Gasteiger partial charge in [-0.3, -0.25) is 0 Å². The number of allylic oxidation sites excluding steroid dienone is 1. The van der Waals surface area contributed by atoms with Gasteiger partial charge >= 0.3 is 0 Å². The van der Waals surface area contributed by atoms with E-state index in [9.17, 15) is 0 Å². The van der Waals surface area contributed by atoms with Gasteiger partial charge in [0.2, 0.25) is 0 Å². The smallest absolute Gasteiger partial charge is 0.264 e. The van der Waals surface area contributed by atoms with Crippen molar-refractivity contribution in [3.8, 4) is 5.75 Å². The van der Waals surface area contributed by atoms with Gasteiger partial charge < -0.3 is 4.74 Å². The van der Waals surface area contributed by atoms with Crippen molar-refractivity contribution in [2.75, 3.05) is 7.11 Å². The number of methoxy groups -OCH3 is 1. The molecule has 1 unspecified atom stereocenters. The van der Waals surface area contributed by atoms with E-state index in [1.807, 2.05) is 54.7 Å². The highest BCUT2D eigenvalue weighted by Gasteiger charge is 2.35. The lowest BCUT2D eigenvalue weighted by Gasteiger charge is -2.23. The van der Waals surface area contributed by atoms with Crippen molar-refractivity contribution in [2.24, 2.45) is 5.10 Å². The Morgan fingerprint density at radius 2 is 2.05 bits per heavy atom. The minimum atomic E-state index is 0.234. The molecule has 0 saturated heterocycles. The minimum Gasteiger partial charge on any atom is -0.497 e. The minimum absolute atomic E-state index is 0.234. The Bertz CT molecular complexity index is 623. The Kier molecular flexibility index (Phi) is 2.85. The number of aromatic nitrogens is 1. The molecule has 0 N–H and O–H groups in total. The van der Waals surface area contributed by atoms with E-state index in [2.05, 4.69) is 10.1 Å². The fraction of sp³-hybridized carbons (Fsp3) is 0.0667. The molecule has 3 rings (SSSR count). The normalized spacial score (nSPS) is 20.7. The van der Waals surface area contributed by atoms with Crippen LogP contribution >= 0.6 is 0 Å². The topological polar surface area (TPSA) is 34.5 Å². The zero-order chi connectivity index (χ0) is 13.1. The Balaban J connectivity index is 2.17. The average molecular weight is 252 g/mol. The van der Waals surface area contributed by atoms with Crippen LogP contribution in [0.15, 0.2) is 66.0 Å². The molecule has 0 fully saturated rings. The maximum atomic E-state index is 5.29. The van der Waals surface area contributed by atoms with E-state index in [1.165, 1.54) is 0 Å². The van der Waals surface area contributed by atoms with Crippen LogP contribution in [0.2, 0.25) is 0 Å². The number of hydrogen-bond donors (Lipinski definition) is 0. The molecule has 4 heteroatoms. The molecular formula is C15H14N3O+. The molecule has 2 heterocycles. The van der Waals surface area contributed by atoms with Gasteiger partial charge in [0.05, 0.1) is 13.3 Å². The van der Waals surface area contributed by atoms with E-state index in [0.29, 0.717) is 0 Å². The third-order valence-electron chi connectivity index (χ3n) is 3.08. The van der Waals surface area contributed by atoms with E-state index in [4.69, 9.17) is 4.74 Å². The summed E-state index contributed by atoms with van der Waals surface area (Å²) in [4.78, 5) is 4.43. The van der Waals surface area contributed by atoms with Crippen LogP contribution in [-0.4, -0.2) is 18.3 Å². The molecule has 1 aliphatic heterocycles. The van der Waals surface area contributed by atoms with E-state index in [0.717, 1.165) is 17.3 Å². The van der Waals surface area contributed by atoms with Gasteiger partial charge in [-0.2, -0.15) is 0 Å². The van der Waals surface area contributed by atoms with Crippen molar-refractivity contribution >= 4 is 17.7 Å². The summed E-state index contributed by atoms with van der Waals surface area (Å²) in [5, 5.41) is 4.57. The summed E-state index contributed by atoms with van der Waals surface area (Å²) in [7, 11) is 1.66. The molecule has 1 aliphatic rings. The quantitative estimate of drug-likeness (QED) is 0.786. The summed E-state index contributed by atoms with van der Waals surface area (Å²) in [5.74, 6) is 1.65. The van der Waals surface area contributed by atoms with Gasteiger partial charge in [0.15, 0.2) is 5.69 Å². The Hall–Kier alpha value is -2.46. The van der Waals surface area contributed by atoms with Crippen LogP contribution in [0, 0.1) is 0 Å². The molecule has 0 amide bonds. The lowest BCUT2D eigenvalue weighted by atomic mass is 10.2. The molecular weight excluding hydrogens is 238 g/mol. The first-order chi connectivity index (χ1) is 9.35. The van der Waals surface area contributed by atoms with Gasteiger partial charge in [-0.05, 0) is 12.1 Å². The van der Waals surface area contributed by atoms with Crippen LogP contribution in [-0.2, 0) is 0 Å². The first kappa shape index (κ1) is 11.6. The molecule has 1 aromatic heterocycles. The van der Waals surface area contributed by atoms with Crippen LogP contribution in [0.5, 0.6) is 5.75 Å². The lowest BCUT2D eigenvalue weighted by Crippen LogP contribution is -2.30. The molecule has 94 valence electrons. The third kappa shape index (κ3) is 1.92. The second-order valence-electron chi connectivity index (χ2n) is 4.18. The number of benzene rings is 1. The van der Waals surface area contributed by atoms with Gasteiger partial charge in [0.25, 0.3) is 5.82 Å². The maximum absolute atomic E-state index is 5.29. The van der Waals surface area contributed by atoms with Crippen molar-refractivity contribution in [3.05, 3.63) is 60.9 Å². The van der Waals surface area contributed by atoms with E-state index < -0.39 is 0 Å². The van der Waals surface area contributed by atoms with Crippen LogP contribution in [0.1, 0.15) is 0 Å². The van der Waals surface area contributed by atoms with Crippen LogP contribution in [0.4, 0.5) is 11.5 Å². The highest BCUT2D eigenvalue weighted by atomic mass is 16.5. The number of nitrogens with zero attached hydrogens (tertiary/aromatic N) is 3. The molecule has 0 aliphatic carbocycles. The SMILES string of the molecule is COc1cccc([N+]2(c3ccccn3)C=CC=N2)c1. The summed E-state index contributed by atoms with van der Waals surface area (Å²) < 4.78 is 5.52. The number of pyridine rings is 1. The molecule has 0 bridgehead atoms. The van der Waals surface area contributed by atoms with Crippen molar-refractivity contribution in [1.29, 1.82) is 0 Å². The Morgan fingerprint density at radius 1 is 1.11 bits per heavy atom. The number of rotatable bonds is 3. The standard InChI is InChI=1S/C15H14N3O/c1-19-14-7-4-6-13(12-14)18(11-5-10-17-18)15-8-2-3-9-16-15/h2-12H,1H3/q+1. The second-order valence-corrected chi connectivity index (χ2v) is 4.18. The second kappa shape index (κ2) is 4.66. The van der Waals surface area contributed by atoms with E-state index >= 15 is 0 Å². The zero-order valence-corrected chi connectivity index (χ0v) is 10.6. The van der Waals surface area contributed by atoms with Gasteiger partial charge in [0.1, 0.15) is 11.9 Å². The summed E-state index contributed by atoms with van der Waals surface area (Å²) >= 11 is 0. The van der Waals surface area contributed by atoms with Crippen molar-refractivity contribution < 1.29 is 4.74 Å². The predicted molar refractivity (Wildman–Crippen MR) is 76.3 cm³/mol. The summed E-state index contributed by atoms with van der Waals surface area (Å²) in [6, 6.07) is 13.7. The van der Waals surface area contributed by atoms with Gasteiger partial charge in [0, 0.05) is 30.5 Å². The summed E-state index contributed by atoms with van der Waals surface area (Å²) in [6.07, 6.45) is 7.48. The van der Waals surface area contributed by atoms with Crippen LogP contribution in [0.3, 0.4) is 0 Å². The maximum Gasteiger partial charge on any atom is 0.264 e. The molecule has 1 atom stereocenters. The fourth-order valence-electron chi connectivity index (χ4n) is 2.14. The van der Waals surface area contributed by atoms with Crippen LogP contribution in [0.25, 0.3) is 0 Å². The van der Waals surface area contributed by atoms with Crippen molar-refractivity contribution in [2.45, 2.75) is 0 Å². The fourth-order valence-corrected chi connectivity index (χ4v) is 2.14. The summed E-state index contributed by atoms with van der Waals surface area (Å²) in [6.45, 7) is 0. The largest absolute Gasteiger partial charge is 0.497 e. The third-order valence-corrected chi connectivity index (χ3v) is 3.08. The van der Waals surface area contributed by atoms with E-state index in [-0.39, 0.29) is 4.59 Å². The molecule has 19 heavy (non-hydrogen) atoms. The molecule has 0 spiro atoms.